The van der Waals surface area contributed by atoms with Crippen LogP contribution in [0.2, 0.25) is 0 Å². The lowest BCUT2D eigenvalue weighted by molar-refractivity contribution is -0.354. The number of aliphatic hydroxyl groups is 26. The minimum atomic E-state index is -2.09. The average molecular weight is 1320 g/mol. The number of rotatable bonds is 22. The molecule has 520 valence electrons. The fourth-order valence-electron chi connectivity index (χ4n) is 10.8. The zero-order valence-electron chi connectivity index (χ0n) is 46.5. The zero-order chi connectivity index (χ0) is 65.4. The third-order valence-corrected chi connectivity index (χ3v) is 16.5. The van der Waals surface area contributed by atoms with E-state index in [0.717, 1.165) is 0 Å². The fraction of sp³-hybridized carbons (Fsp3) is 1.00. The van der Waals surface area contributed by atoms with Crippen molar-refractivity contribution in [1.29, 1.82) is 0 Å². The van der Waals surface area contributed by atoms with Gasteiger partial charge in [-0.25, -0.2) is 0 Å². The minimum absolute atomic E-state index is 0.721. The maximum atomic E-state index is 10.9. The minimum Gasteiger partial charge on any atom is -0.394 e. The summed E-state index contributed by atoms with van der Waals surface area (Å²) in [4.78, 5) is 0. The molecule has 8 heterocycles. The molecule has 0 amide bonds. The molecule has 8 aliphatic rings. The summed E-state index contributed by atoms with van der Waals surface area (Å²) in [7, 11) is 0. The summed E-state index contributed by atoms with van der Waals surface area (Å²) in [6, 6.07) is 0. The predicted octanol–water partition coefficient (Wildman–Crippen LogP) is -18.5. The van der Waals surface area contributed by atoms with Gasteiger partial charge in [-0.2, -0.15) is 0 Å². The number of hydrogen-bond donors (Lipinski definition) is 26. The normalized spacial score (nSPS) is 53.6. The van der Waals surface area contributed by atoms with E-state index in [0.29, 0.717) is 0 Å². The van der Waals surface area contributed by atoms with Crippen LogP contribution in [0.1, 0.15) is 0 Å². The van der Waals surface area contributed by atoms with Gasteiger partial charge in [0.1, 0.15) is 195 Å². The van der Waals surface area contributed by atoms with E-state index in [9.17, 15) is 133 Å². The first-order valence-electron chi connectivity index (χ1n) is 28.1. The van der Waals surface area contributed by atoms with Crippen LogP contribution in [0.25, 0.3) is 0 Å². The summed E-state index contributed by atoms with van der Waals surface area (Å²) in [5.41, 5.74) is 0. The molecule has 40 atom stereocenters. The Morgan fingerprint density at radius 3 is 0.494 bits per heavy atom. The lowest BCUT2D eigenvalue weighted by Gasteiger charge is -2.45. The van der Waals surface area contributed by atoms with Crippen molar-refractivity contribution < 1.29 is 204 Å². The Hall–Kier alpha value is -1.64. The lowest BCUT2D eigenvalue weighted by atomic mass is 9.97. The van der Waals surface area contributed by atoms with E-state index in [2.05, 4.69) is 0 Å². The molecule has 8 aliphatic heterocycles. The molecule has 41 nitrogen and oxygen atoms in total. The predicted molar refractivity (Wildman–Crippen MR) is 264 cm³/mol. The van der Waals surface area contributed by atoms with Crippen LogP contribution >= 0.6 is 0 Å². The zero-order valence-corrected chi connectivity index (χ0v) is 46.5. The van der Waals surface area contributed by atoms with E-state index in [1.165, 1.54) is 0 Å². The van der Waals surface area contributed by atoms with Gasteiger partial charge in [0.25, 0.3) is 0 Å². The standard InChI is InChI=1S/C48H82O41/c49-1-9-17(50)26(59)34(67)42(83-9)76-3-11-19(52)28(61)36(69)44(85-11)78-5-13-21(54)30(63)38(71)46(87-13)80-7-15-23(56)32(65)40(73)48(89-15)81-8-16-24(57)31(64)39(72)47(88-16)79-6-14-22(55)29(62)37(70)45(86-14)77-4-12-20(53)27(60)35(68)43(84-12)75-2-10-18(51)25(58)33(66)41(74)82-10/h9-74H,1-8H2/t9-,10+,11-,12+,13-,14+,15+,16+,17-,18-,19-,20-,21-,22-,23-,24-,25+,26-,27+,28-,29+,30-,31+,32-,33+,34+,35+,36+,37+,38+,39+,40-,41-,42+,43-,44+,45-,46+,47-,48+/m0/s1. The van der Waals surface area contributed by atoms with Crippen molar-refractivity contribution >= 4 is 0 Å². The van der Waals surface area contributed by atoms with Gasteiger partial charge in [0.05, 0.1) is 52.9 Å². The molecule has 8 saturated heterocycles. The molecule has 0 aliphatic carbocycles. The Morgan fingerprint density at radius 1 is 0.169 bits per heavy atom. The Kier molecular flexibility index (Phi) is 25.9. The van der Waals surface area contributed by atoms with Crippen LogP contribution in [0.3, 0.4) is 0 Å². The second kappa shape index (κ2) is 31.5. The summed E-state index contributed by atoms with van der Waals surface area (Å²) < 4.78 is 82.3. The van der Waals surface area contributed by atoms with Gasteiger partial charge in [0.15, 0.2) is 50.3 Å². The van der Waals surface area contributed by atoms with E-state index in [1.807, 2.05) is 0 Å². The summed E-state index contributed by atoms with van der Waals surface area (Å²) in [5, 5.41) is 273. The van der Waals surface area contributed by atoms with Crippen LogP contribution in [0.5, 0.6) is 0 Å². The van der Waals surface area contributed by atoms with Crippen molar-refractivity contribution in [2.45, 2.75) is 246 Å². The molecule has 0 bridgehead atoms. The maximum absolute atomic E-state index is 10.9. The van der Waals surface area contributed by atoms with Gasteiger partial charge < -0.3 is 204 Å². The fourth-order valence-corrected chi connectivity index (χ4v) is 10.8. The van der Waals surface area contributed by atoms with Gasteiger partial charge in [-0.15, -0.1) is 0 Å². The molecule has 0 unspecified atom stereocenters. The van der Waals surface area contributed by atoms with Gasteiger partial charge >= 0.3 is 0 Å². The Morgan fingerprint density at radius 2 is 0.315 bits per heavy atom. The third-order valence-electron chi connectivity index (χ3n) is 16.5. The molecule has 8 fully saturated rings. The second-order valence-corrected chi connectivity index (χ2v) is 22.7. The van der Waals surface area contributed by atoms with Crippen LogP contribution in [0.4, 0.5) is 0 Å². The molecular weight excluding hydrogens is 1230 g/mol. The van der Waals surface area contributed by atoms with Gasteiger partial charge in [0, 0.05) is 0 Å². The monoisotopic (exact) mass is 1310 g/mol. The van der Waals surface area contributed by atoms with Gasteiger partial charge in [-0.05, 0) is 0 Å². The highest BCUT2D eigenvalue weighted by atomic mass is 16.8. The highest BCUT2D eigenvalue weighted by molar-refractivity contribution is 4.98. The quantitative estimate of drug-likeness (QED) is 0.0479. The Labute approximate surface area is 501 Å². The average Bonchev–Trinajstić information content (AvgIpc) is 3.72. The van der Waals surface area contributed by atoms with Crippen molar-refractivity contribution in [3.8, 4) is 0 Å². The number of ether oxygens (including phenoxy) is 15. The Balaban J connectivity index is 0.811. The highest BCUT2D eigenvalue weighted by Gasteiger charge is 2.54. The molecule has 0 aromatic rings. The second-order valence-electron chi connectivity index (χ2n) is 22.7. The van der Waals surface area contributed by atoms with Crippen LogP contribution < -0.4 is 0 Å². The van der Waals surface area contributed by atoms with Crippen LogP contribution in [-0.4, -0.2) is 431 Å². The number of aliphatic hydroxyl groups excluding tert-OH is 26. The summed E-state index contributed by atoms with van der Waals surface area (Å²) >= 11 is 0. The molecule has 26 N–H and O–H groups in total. The summed E-state index contributed by atoms with van der Waals surface area (Å²) in [5.74, 6) is 0. The third kappa shape index (κ3) is 16.1. The van der Waals surface area contributed by atoms with Crippen molar-refractivity contribution in [3.63, 3.8) is 0 Å². The van der Waals surface area contributed by atoms with Gasteiger partial charge in [0.2, 0.25) is 0 Å². The van der Waals surface area contributed by atoms with Crippen LogP contribution in [-0.2, 0) is 71.1 Å². The Bertz CT molecular complexity index is 2130. The maximum Gasteiger partial charge on any atom is 0.186 e. The van der Waals surface area contributed by atoms with Crippen LogP contribution in [0.15, 0.2) is 0 Å². The lowest BCUT2D eigenvalue weighted by Crippen LogP contribution is -2.63. The van der Waals surface area contributed by atoms with E-state index in [4.69, 9.17) is 71.1 Å². The summed E-state index contributed by atoms with van der Waals surface area (Å²) in [6.45, 7) is -6.46. The van der Waals surface area contributed by atoms with Gasteiger partial charge in [-0.1, -0.05) is 0 Å². The topological polar surface area (TPSA) is 664 Å². The van der Waals surface area contributed by atoms with Gasteiger partial charge in [-0.3, -0.25) is 0 Å². The van der Waals surface area contributed by atoms with Crippen molar-refractivity contribution in [2.24, 2.45) is 0 Å². The van der Waals surface area contributed by atoms with E-state index < -0.39 is 299 Å². The first-order valence-corrected chi connectivity index (χ1v) is 28.1. The molecule has 0 saturated carbocycles. The molecule has 0 radical (unpaired) electrons. The molecule has 41 heteroatoms. The molecule has 89 heavy (non-hydrogen) atoms. The van der Waals surface area contributed by atoms with Crippen molar-refractivity contribution in [3.05, 3.63) is 0 Å². The largest absolute Gasteiger partial charge is 0.394 e. The van der Waals surface area contributed by atoms with Crippen LogP contribution in [0, 0.1) is 0 Å². The molecular formula is C48H82O41. The number of hydrogen-bond acceptors (Lipinski definition) is 41. The molecule has 0 aromatic carbocycles. The molecule has 0 spiro atoms. The molecule has 8 rings (SSSR count). The van der Waals surface area contributed by atoms with E-state index in [-0.39, 0.29) is 0 Å². The van der Waals surface area contributed by atoms with Crippen molar-refractivity contribution in [2.75, 3.05) is 52.9 Å². The van der Waals surface area contributed by atoms with E-state index >= 15 is 0 Å². The SMILES string of the molecule is OC[C@@H]1O[C@@H](OC[C@@H]2O[C@@H](OC[C@@H]3O[C@@H](OC[C@H]4O[C@@H](OC[C@H]5O[C@H](OC[C@H]6O[C@H](OC[C@H]7O[C@H](OC[C@H]8O[C@H](O)[C@H](O)[C@H](O)[C@H]8O)[C@H](O)[C@H](O)[C@H]7O)[C@H](O)[C@H](O)[C@H]6O)[C@H](O)[C@H](O)[C@H]5O)[C@@H](O)[C@@H](O)[C@H]4O)[C@H](O)[C@@H](O)[C@H]3O)[C@H](O)[C@@H](O)[C@H]2O)[C@H](O)[C@@H](O)[C@H]1O. The first kappa shape index (κ1) is 73.2. The highest BCUT2D eigenvalue weighted by Crippen LogP contribution is 2.33. The first-order chi connectivity index (χ1) is 42.0. The van der Waals surface area contributed by atoms with Crippen molar-refractivity contribution in [1.82, 2.24) is 0 Å². The van der Waals surface area contributed by atoms with E-state index in [1.54, 1.807) is 0 Å². The molecule has 0 aromatic heterocycles. The summed E-state index contributed by atoms with van der Waals surface area (Å²) in [6.07, 6.45) is -74.9. The smallest absolute Gasteiger partial charge is 0.186 e.